The van der Waals surface area contributed by atoms with E-state index >= 15 is 0 Å². The molecule has 6 unspecified atom stereocenters. The Bertz CT molecular complexity index is 1320. The van der Waals surface area contributed by atoms with Crippen molar-refractivity contribution in [3.05, 3.63) is 48.6 Å². The van der Waals surface area contributed by atoms with Crippen LogP contribution in [0.2, 0.25) is 0 Å². The number of rotatable bonds is 45. The van der Waals surface area contributed by atoms with E-state index in [0.717, 1.165) is 70.6 Å². The van der Waals surface area contributed by atoms with Crippen molar-refractivity contribution in [3.8, 4) is 0 Å². The molecule has 4 N–H and O–H groups in total. The third kappa shape index (κ3) is 36.7. The molecule has 1 fully saturated rings. The minimum absolute atomic E-state index is 0.0267. The summed E-state index contributed by atoms with van der Waals surface area (Å²) >= 11 is 0. The van der Waals surface area contributed by atoms with Crippen molar-refractivity contribution in [1.82, 2.24) is 0 Å². The maximum absolute atomic E-state index is 12.9. The van der Waals surface area contributed by atoms with Crippen LogP contribution in [0.1, 0.15) is 213 Å². The molecule has 1 heterocycles. The van der Waals surface area contributed by atoms with Gasteiger partial charge >= 0.3 is 16.4 Å². The standard InChI is InChI=1S/C52H94O12S/c1-3-5-7-9-11-13-15-17-19-21-22-23-24-25-27-29-31-33-35-37-39-41-48(54)62-46(45-61-52-50(56)51(64-65(57,58)59)49(55)47(43-53)63-52)44-60-42-40-38-36-34-32-30-28-26-20-18-16-14-12-10-8-6-4-2/h14-17,20-22,26,46-47,49-53,55-56H,3-13,18-19,23-25,27-45H2,1-2H3,(H,57,58,59)/b16-14-,17-15-,22-21-,26-20-. The second-order valence-corrected chi connectivity index (χ2v) is 18.8. The Morgan fingerprint density at radius 1 is 0.585 bits per heavy atom. The molecule has 1 saturated heterocycles. The lowest BCUT2D eigenvalue weighted by Crippen LogP contribution is -2.60. The zero-order chi connectivity index (χ0) is 47.5. The monoisotopic (exact) mass is 943 g/mol. The van der Waals surface area contributed by atoms with E-state index < -0.39 is 59.8 Å². The molecule has 0 aliphatic carbocycles. The van der Waals surface area contributed by atoms with Crippen molar-refractivity contribution in [3.63, 3.8) is 0 Å². The SMILES string of the molecule is CCCCCC/C=C\C/C=C\CCCCCCCCOCC(COC1OC(CO)C(O)C(OS(=O)(=O)O)C1O)OC(=O)CCCCCCCCCCC/C=C\C/C=C\CCCCCCC. The molecule has 6 atom stereocenters. The molecule has 0 amide bonds. The van der Waals surface area contributed by atoms with Gasteiger partial charge in [-0.1, -0.05) is 178 Å². The first kappa shape index (κ1) is 61.1. The molecule has 13 heteroatoms. The van der Waals surface area contributed by atoms with Gasteiger partial charge in [0.15, 0.2) is 6.29 Å². The Balaban J connectivity index is 2.37. The highest BCUT2D eigenvalue weighted by Gasteiger charge is 2.48. The fourth-order valence-electron chi connectivity index (χ4n) is 7.73. The van der Waals surface area contributed by atoms with Crippen molar-refractivity contribution >= 4 is 16.4 Å². The van der Waals surface area contributed by atoms with E-state index in [9.17, 15) is 33.1 Å². The number of aliphatic hydroxyl groups excluding tert-OH is 3. The Morgan fingerprint density at radius 2 is 1.02 bits per heavy atom. The summed E-state index contributed by atoms with van der Waals surface area (Å²) in [5, 5.41) is 30.8. The first-order valence-electron chi connectivity index (χ1n) is 25.9. The van der Waals surface area contributed by atoms with Gasteiger partial charge in [-0.3, -0.25) is 9.35 Å². The Labute approximate surface area is 396 Å². The fraction of sp³-hybridized carbons (Fsp3) is 0.827. The molecule has 0 aromatic heterocycles. The molecule has 0 aromatic carbocycles. The molecule has 0 bridgehead atoms. The van der Waals surface area contributed by atoms with Gasteiger partial charge < -0.3 is 34.3 Å². The number of hydrogen-bond acceptors (Lipinski definition) is 11. The molecule has 0 spiro atoms. The van der Waals surface area contributed by atoms with Gasteiger partial charge in [0.2, 0.25) is 0 Å². The molecule has 380 valence electrons. The molecule has 12 nitrogen and oxygen atoms in total. The summed E-state index contributed by atoms with van der Waals surface area (Å²) in [6.07, 6.45) is 44.2. The van der Waals surface area contributed by atoms with Gasteiger partial charge in [-0.25, -0.2) is 4.18 Å². The van der Waals surface area contributed by atoms with E-state index in [1.54, 1.807) is 0 Å². The molecular formula is C52H94O12S. The van der Waals surface area contributed by atoms with Gasteiger partial charge in [-0.2, -0.15) is 8.42 Å². The highest BCUT2D eigenvalue weighted by Crippen LogP contribution is 2.26. The van der Waals surface area contributed by atoms with E-state index in [2.05, 4.69) is 66.6 Å². The smallest absolute Gasteiger partial charge is 0.397 e. The van der Waals surface area contributed by atoms with Crippen LogP contribution in [0.3, 0.4) is 0 Å². The lowest BCUT2D eigenvalue weighted by molar-refractivity contribution is -0.301. The second kappa shape index (κ2) is 43.3. The third-order valence-electron chi connectivity index (χ3n) is 11.7. The maximum atomic E-state index is 12.9. The molecule has 65 heavy (non-hydrogen) atoms. The number of aliphatic hydroxyl groups is 3. The van der Waals surface area contributed by atoms with Crippen molar-refractivity contribution in [2.45, 2.75) is 250 Å². The molecule has 1 rings (SSSR count). The summed E-state index contributed by atoms with van der Waals surface area (Å²) in [4.78, 5) is 12.9. The molecule has 0 aromatic rings. The lowest BCUT2D eigenvalue weighted by Gasteiger charge is -2.41. The van der Waals surface area contributed by atoms with Crippen LogP contribution in [-0.2, 0) is 38.3 Å². The average Bonchev–Trinajstić information content (AvgIpc) is 3.28. The van der Waals surface area contributed by atoms with Crippen LogP contribution < -0.4 is 0 Å². The lowest BCUT2D eigenvalue weighted by atomic mass is 9.99. The number of allylic oxidation sites excluding steroid dienone is 8. The first-order chi connectivity index (χ1) is 31.6. The van der Waals surface area contributed by atoms with Gasteiger partial charge in [-0.05, 0) is 77.0 Å². The molecule has 0 saturated carbocycles. The predicted molar refractivity (Wildman–Crippen MR) is 262 cm³/mol. The number of ether oxygens (including phenoxy) is 4. The van der Waals surface area contributed by atoms with Crippen LogP contribution in [0.15, 0.2) is 48.6 Å². The van der Waals surface area contributed by atoms with Crippen molar-refractivity contribution < 1.29 is 56.2 Å². The van der Waals surface area contributed by atoms with Gasteiger partial charge in [0.05, 0.1) is 19.8 Å². The third-order valence-corrected chi connectivity index (χ3v) is 12.1. The van der Waals surface area contributed by atoms with Crippen LogP contribution in [0.5, 0.6) is 0 Å². The molecule has 1 aliphatic heterocycles. The largest absolute Gasteiger partial charge is 0.457 e. The van der Waals surface area contributed by atoms with Gasteiger partial charge in [0, 0.05) is 13.0 Å². The highest BCUT2D eigenvalue weighted by molar-refractivity contribution is 7.80. The maximum Gasteiger partial charge on any atom is 0.397 e. The van der Waals surface area contributed by atoms with Gasteiger partial charge in [-0.15, -0.1) is 0 Å². The van der Waals surface area contributed by atoms with E-state index in [1.165, 1.54) is 116 Å². The Kier molecular flexibility index (Phi) is 40.7. The summed E-state index contributed by atoms with van der Waals surface area (Å²) in [7, 11) is -5.07. The van der Waals surface area contributed by atoms with Crippen LogP contribution in [0, 0.1) is 0 Å². The summed E-state index contributed by atoms with van der Waals surface area (Å²) in [6, 6.07) is 0. The van der Waals surface area contributed by atoms with Crippen molar-refractivity contribution in [1.29, 1.82) is 0 Å². The normalized spacial score (nSPS) is 20.0. The number of hydrogen-bond donors (Lipinski definition) is 4. The minimum atomic E-state index is -5.07. The topological polar surface area (TPSA) is 178 Å². The minimum Gasteiger partial charge on any atom is -0.457 e. The van der Waals surface area contributed by atoms with Gasteiger partial charge in [0.25, 0.3) is 0 Å². The molecular weight excluding hydrogens is 849 g/mol. The zero-order valence-corrected chi connectivity index (χ0v) is 41.6. The van der Waals surface area contributed by atoms with Crippen LogP contribution in [0.4, 0.5) is 0 Å². The second-order valence-electron chi connectivity index (χ2n) is 17.8. The number of unbranched alkanes of at least 4 members (excludes halogenated alkanes) is 24. The van der Waals surface area contributed by atoms with Crippen molar-refractivity contribution in [2.75, 3.05) is 26.4 Å². The van der Waals surface area contributed by atoms with E-state index in [-0.39, 0.29) is 19.6 Å². The number of carbonyl (C=O) groups excluding carboxylic acids is 1. The van der Waals surface area contributed by atoms with Crippen LogP contribution >= 0.6 is 0 Å². The number of esters is 1. The van der Waals surface area contributed by atoms with E-state index in [1.807, 2.05) is 0 Å². The van der Waals surface area contributed by atoms with Crippen molar-refractivity contribution in [2.24, 2.45) is 0 Å². The quantitative estimate of drug-likeness (QED) is 0.0197. The van der Waals surface area contributed by atoms with Gasteiger partial charge in [0.1, 0.15) is 30.5 Å². The molecule has 1 aliphatic rings. The zero-order valence-electron chi connectivity index (χ0n) is 40.8. The summed E-state index contributed by atoms with van der Waals surface area (Å²) in [6.45, 7) is 3.95. The number of carbonyl (C=O) groups is 1. The first-order valence-corrected chi connectivity index (χ1v) is 27.3. The highest BCUT2D eigenvalue weighted by atomic mass is 32.3. The summed E-state index contributed by atoms with van der Waals surface area (Å²) in [5.74, 6) is -0.407. The average molecular weight is 943 g/mol. The summed E-state index contributed by atoms with van der Waals surface area (Å²) < 4.78 is 59.2. The summed E-state index contributed by atoms with van der Waals surface area (Å²) in [5.41, 5.74) is 0. The van der Waals surface area contributed by atoms with E-state index in [0.29, 0.717) is 13.0 Å². The van der Waals surface area contributed by atoms with E-state index in [4.69, 9.17) is 18.9 Å². The molecule has 0 radical (unpaired) electrons. The van der Waals surface area contributed by atoms with Crippen LogP contribution in [-0.4, -0.2) is 97.5 Å². The fourth-order valence-corrected chi connectivity index (χ4v) is 8.24. The van der Waals surface area contributed by atoms with Crippen LogP contribution in [0.25, 0.3) is 0 Å². The Hall–Kier alpha value is -1.94. The Morgan fingerprint density at radius 3 is 1.48 bits per heavy atom. The predicted octanol–water partition coefficient (Wildman–Crippen LogP) is 11.9.